The molecule has 0 radical (unpaired) electrons. The zero-order valence-electron chi connectivity index (χ0n) is 11.5. The van der Waals surface area contributed by atoms with Crippen LogP contribution >= 0.6 is 23.7 Å². The second-order valence-electron chi connectivity index (χ2n) is 4.56. The van der Waals surface area contributed by atoms with E-state index in [-0.39, 0.29) is 18.4 Å². The van der Waals surface area contributed by atoms with E-state index in [0.717, 1.165) is 24.5 Å². The Balaban J connectivity index is 0.00000147. The second kappa shape index (κ2) is 6.48. The second-order valence-corrected chi connectivity index (χ2v) is 5.54. The smallest absolute Gasteiger partial charge is 0.161 e. The third-order valence-electron chi connectivity index (χ3n) is 3.53. The van der Waals surface area contributed by atoms with E-state index in [1.165, 1.54) is 16.0 Å². The molecule has 1 atom stereocenters. The maximum absolute atomic E-state index is 5.42. The summed E-state index contributed by atoms with van der Waals surface area (Å²) in [6, 6.07) is 8.74. The lowest BCUT2D eigenvalue weighted by atomic mass is 9.93. The van der Waals surface area contributed by atoms with Crippen LogP contribution in [0.2, 0.25) is 0 Å². The SMILES string of the molecule is COc1cc2c(cc1OC)[C@H](c1cccs1)NCC2.Cl. The number of hydrogen-bond donors (Lipinski definition) is 1. The van der Waals surface area contributed by atoms with Crippen LogP contribution in [0.3, 0.4) is 0 Å². The zero-order valence-corrected chi connectivity index (χ0v) is 13.1. The van der Waals surface area contributed by atoms with Gasteiger partial charge in [-0.05, 0) is 41.1 Å². The molecule has 1 aromatic carbocycles. The van der Waals surface area contributed by atoms with Crippen molar-refractivity contribution in [1.29, 1.82) is 0 Å². The molecule has 1 aliphatic rings. The fraction of sp³-hybridized carbons (Fsp3) is 0.333. The molecule has 3 rings (SSSR count). The maximum Gasteiger partial charge on any atom is 0.161 e. The van der Waals surface area contributed by atoms with Crippen LogP contribution < -0.4 is 14.8 Å². The Morgan fingerprint density at radius 1 is 1.20 bits per heavy atom. The van der Waals surface area contributed by atoms with E-state index in [9.17, 15) is 0 Å². The summed E-state index contributed by atoms with van der Waals surface area (Å²) in [5.74, 6) is 1.61. The van der Waals surface area contributed by atoms with Crippen LogP contribution in [0.15, 0.2) is 29.6 Å². The van der Waals surface area contributed by atoms with Gasteiger partial charge in [0.25, 0.3) is 0 Å². The highest BCUT2D eigenvalue weighted by molar-refractivity contribution is 7.10. The minimum atomic E-state index is 0. The summed E-state index contributed by atoms with van der Waals surface area (Å²) in [6.07, 6.45) is 1.03. The molecule has 1 aliphatic heterocycles. The van der Waals surface area contributed by atoms with Gasteiger partial charge in [0.2, 0.25) is 0 Å². The summed E-state index contributed by atoms with van der Waals surface area (Å²) < 4.78 is 10.8. The van der Waals surface area contributed by atoms with E-state index < -0.39 is 0 Å². The van der Waals surface area contributed by atoms with E-state index in [2.05, 4.69) is 35.0 Å². The molecule has 0 bridgehead atoms. The number of methoxy groups -OCH3 is 2. The maximum atomic E-state index is 5.42. The molecular formula is C15H18ClNO2S. The Kier molecular flexibility index (Phi) is 4.91. The number of thiophene rings is 1. The first-order chi connectivity index (χ1) is 9.33. The van der Waals surface area contributed by atoms with E-state index >= 15 is 0 Å². The van der Waals surface area contributed by atoms with Gasteiger partial charge in [0, 0.05) is 11.4 Å². The summed E-state index contributed by atoms with van der Waals surface area (Å²) >= 11 is 1.78. The summed E-state index contributed by atoms with van der Waals surface area (Å²) in [6.45, 7) is 0.991. The highest BCUT2D eigenvalue weighted by atomic mass is 35.5. The standard InChI is InChI=1S/C15H17NO2S.ClH/c1-17-12-8-10-5-6-16-15(14-4-3-7-19-14)11(10)9-13(12)18-2;/h3-4,7-9,15-16H,5-6H2,1-2H3;1H/t15-;/m1./s1. The lowest BCUT2D eigenvalue weighted by Crippen LogP contribution is -2.30. The van der Waals surface area contributed by atoms with Crippen molar-refractivity contribution in [2.24, 2.45) is 0 Å². The Labute approximate surface area is 129 Å². The average molecular weight is 312 g/mol. The molecule has 5 heteroatoms. The highest BCUT2D eigenvalue weighted by Crippen LogP contribution is 2.38. The van der Waals surface area contributed by atoms with Crippen LogP contribution in [0, 0.1) is 0 Å². The lowest BCUT2D eigenvalue weighted by Gasteiger charge is -2.27. The molecule has 0 fully saturated rings. The molecule has 0 aliphatic carbocycles. The third kappa shape index (κ3) is 2.64. The van der Waals surface area contributed by atoms with E-state index in [4.69, 9.17) is 9.47 Å². The summed E-state index contributed by atoms with van der Waals surface area (Å²) in [5, 5.41) is 5.70. The number of ether oxygens (including phenoxy) is 2. The fourth-order valence-corrected chi connectivity index (χ4v) is 3.41. The third-order valence-corrected chi connectivity index (χ3v) is 4.46. The van der Waals surface area contributed by atoms with Gasteiger partial charge in [-0.2, -0.15) is 0 Å². The van der Waals surface area contributed by atoms with Crippen LogP contribution in [0.25, 0.3) is 0 Å². The van der Waals surface area contributed by atoms with Gasteiger partial charge in [-0.3, -0.25) is 0 Å². The molecule has 1 aromatic heterocycles. The number of halogens is 1. The number of fused-ring (bicyclic) bond motifs is 1. The summed E-state index contributed by atoms with van der Waals surface area (Å²) in [7, 11) is 3.36. The van der Waals surface area contributed by atoms with Gasteiger partial charge in [0.15, 0.2) is 11.5 Å². The van der Waals surface area contributed by atoms with Crippen molar-refractivity contribution in [3.8, 4) is 11.5 Å². The lowest BCUT2D eigenvalue weighted by molar-refractivity contribution is 0.353. The van der Waals surface area contributed by atoms with Gasteiger partial charge in [0.05, 0.1) is 20.3 Å². The average Bonchev–Trinajstić information content (AvgIpc) is 2.99. The molecule has 108 valence electrons. The normalized spacial score (nSPS) is 17.0. The number of rotatable bonds is 3. The molecule has 0 unspecified atom stereocenters. The van der Waals surface area contributed by atoms with Crippen molar-refractivity contribution >= 4 is 23.7 Å². The molecule has 20 heavy (non-hydrogen) atoms. The number of benzene rings is 1. The molecule has 2 aromatic rings. The van der Waals surface area contributed by atoms with Crippen molar-refractivity contribution in [2.45, 2.75) is 12.5 Å². The van der Waals surface area contributed by atoms with Crippen molar-refractivity contribution in [3.05, 3.63) is 45.6 Å². The largest absolute Gasteiger partial charge is 0.493 e. The van der Waals surface area contributed by atoms with E-state index in [0.29, 0.717) is 0 Å². The summed E-state index contributed by atoms with van der Waals surface area (Å²) in [5.41, 5.74) is 2.64. The first kappa shape index (κ1) is 15.2. The fourth-order valence-electron chi connectivity index (χ4n) is 2.59. The Morgan fingerprint density at radius 2 is 1.95 bits per heavy atom. The van der Waals surface area contributed by atoms with Gasteiger partial charge in [-0.15, -0.1) is 23.7 Å². The predicted molar refractivity (Wildman–Crippen MR) is 84.7 cm³/mol. The quantitative estimate of drug-likeness (QED) is 0.942. The van der Waals surface area contributed by atoms with E-state index in [1.807, 2.05) is 0 Å². The zero-order chi connectivity index (χ0) is 13.2. The van der Waals surface area contributed by atoms with Crippen LogP contribution in [0.1, 0.15) is 22.0 Å². The van der Waals surface area contributed by atoms with Gasteiger partial charge in [0.1, 0.15) is 0 Å². The Morgan fingerprint density at radius 3 is 2.60 bits per heavy atom. The first-order valence-electron chi connectivity index (χ1n) is 6.35. The van der Waals surface area contributed by atoms with Crippen molar-refractivity contribution in [1.82, 2.24) is 5.32 Å². The van der Waals surface area contributed by atoms with Gasteiger partial charge < -0.3 is 14.8 Å². The molecule has 0 spiro atoms. The van der Waals surface area contributed by atoms with Crippen molar-refractivity contribution in [3.63, 3.8) is 0 Å². The number of hydrogen-bond acceptors (Lipinski definition) is 4. The highest BCUT2D eigenvalue weighted by Gasteiger charge is 2.24. The summed E-state index contributed by atoms with van der Waals surface area (Å²) in [4.78, 5) is 1.34. The minimum Gasteiger partial charge on any atom is -0.493 e. The van der Waals surface area contributed by atoms with Gasteiger partial charge in [-0.25, -0.2) is 0 Å². The molecular weight excluding hydrogens is 294 g/mol. The molecule has 2 heterocycles. The minimum absolute atomic E-state index is 0. The molecule has 0 saturated carbocycles. The number of nitrogens with one attached hydrogen (secondary N) is 1. The molecule has 0 saturated heterocycles. The van der Waals surface area contributed by atoms with Crippen LogP contribution in [-0.4, -0.2) is 20.8 Å². The monoisotopic (exact) mass is 311 g/mol. The van der Waals surface area contributed by atoms with E-state index in [1.54, 1.807) is 25.6 Å². The first-order valence-corrected chi connectivity index (χ1v) is 7.23. The Hall–Kier alpha value is -1.23. The molecule has 0 amide bonds. The van der Waals surface area contributed by atoms with Crippen LogP contribution in [0.4, 0.5) is 0 Å². The molecule has 1 N–H and O–H groups in total. The Bertz CT molecular complexity index is 572. The van der Waals surface area contributed by atoms with Gasteiger partial charge in [-0.1, -0.05) is 6.07 Å². The molecule has 3 nitrogen and oxygen atoms in total. The van der Waals surface area contributed by atoms with Crippen molar-refractivity contribution < 1.29 is 9.47 Å². The predicted octanol–water partition coefficient (Wildman–Crippen LogP) is 3.42. The van der Waals surface area contributed by atoms with Gasteiger partial charge >= 0.3 is 0 Å². The van der Waals surface area contributed by atoms with Crippen LogP contribution in [0.5, 0.6) is 11.5 Å². The topological polar surface area (TPSA) is 30.5 Å². The van der Waals surface area contributed by atoms with Crippen LogP contribution in [-0.2, 0) is 6.42 Å². The van der Waals surface area contributed by atoms with Crippen molar-refractivity contribution in [2.75, 3.05) is 20.8 Å².